The molecule has 0 unspecified atom stereocenters. The molecular weight excluding hydrogens is 182 g/mol. The first kappa shape index (κ1) is 13.0. The van der Waals surface area contributed by atoms with Crippen LogP contribution >= 0.6 is 0 Å². The third kappa shape index (κ3) is 3.79. The number of hydrogen-bond acceptors (Lipinski definition) is 1. The highest BCUT2D eigenvalue weighted by Gasteiger charge is 2.29. The van der Waals surface area contributed by atoms with Crippen LogP contribution in [0.1, 0.15) is 65.7 Å². The molecule has 0 heterocycles. The average Bonchev–Trinajstić information content (AvgIpc) is 2.27. The first-order valence-corrected chi connectivity index (χ1v) is 6.80. The lowest BCUT2D eigenvalue weighted by Crippen LogP contribution is -2.33. The molecule has 1 aliphatic rings. The van der Waals surface area contributed by atoms with E-state index in [0.717, 1.165) is 0 Å². The Balaban J connectivity index is 2.38. The summed E-state index contributed by atoms with van der Waals surface area (Å²) in [5.74, 6) is 0. The zero-order valence-corrected chi connectivity index (χ0v) is 11.2. The summed E-state index contributed by atoms with van der Waals surface area (Å²) in [6.07, 6.45) is 10.2. The van der Waals surface area contributed by atoms with Crippen molar-refractivity contribution in [3.05, 3.63) is 0 Å². The van der Waals surface area contributed by atoms with E-state index in [9.17, 15) is 0 Å². The average molecular weight is 211 g/mol. The maximum Gasteiger partial charge on any atom is 0.00355 e. The van der Waals surface area contributed by atoms with Crippen molar-refractivity contribution >= 4 is 0 Å². The van der Waals surface area contributed by atoms with Crippen LogP contribution in [0.2, 0.25) is 0 Å². The molecule has 0 bridgehead atoms. The van der Waals surface area contributed by atoms with Gasteiger partial charge in [0.05, 0.1) is 0 Å². The van der Waals surface area contributed by atoms with Crippen molar-refractivity contribution in [1.29, 1.82) is 0 Å². The highest BCUT2D eigenvalue weighted by Crippen LogP contribution is 2.42. The SMILES string of the molecule is CCC1(CCN(C)C(C)C)CCCCC1. The molecule has 0 aromatic rings. The Hall–Kier alpha value is -0.0400. The van der Waals surface area contributed by atoms with Crippen LogP contribution in [0.5, 0.6) is 0 Å². The van der Waals surface area contributed by atoms with Crippen LogP contribution in [0.15, 0.2) is 0 Å². The third-order valence-corrected chi connectivity index (χ3v) is 4.54. The van der Waals surface area contributed by atoms with E-state index in [1.54, 1.807) is 0 Å². The van der Waals surface area contributed by atoms with Crippen molar-refractivity contribution < 1.29 is 0 Å². The van der Waals surface area contributed by atoms with Gasteiger partial charge in [0.1, 0.15) is 0 Å². The van der Waals surface area contributed by atoms with Crippen LogP contribution in [0.3, 0.4) is 0 Å². The van der Waals surface area contributed by atoms with Gasteiger partial charge in [-0.25, -0.2) is 0 Å². The fourth-order valence-electron chi connectivity index (χ4n) is 2.75. The van der Waals surface area contributed by atoms with Crippen molar-refractivity contribution in [2.45, 2.75) is 71.8 Å². The van der Waals surface area contributed by atoms with E-state index in [0.29, 0.717) is 11.5 Å². The normalized spacial score (nSPS) is 21.2. The summed E-state index contributed by atoms with van der Waals surface area (Å²) in [5.41, 5.74) is 0.696. The molecule has 0 spiro atoms. The molecule has 1 heteroatoms. The van der Waals surface area contributed by atoms with Gasteiger partial charge in [0.25, 0.3) is 0 Å². The number of rotatable bonds is 5. The van der Waals surface area contributed by atoms with Gasteiger partial charge in [-0.2, -0.15) is 0 Å². The van der Waals surface area contributed by atoms with Gasteiger partial charge in [-0.05, 0) is 52.1 Å². The summed E-state index contributed by atoms with van der Waals surface area (Å²) in [6, 6.07) is 0.697. The minimum atomic E-state index is 0.696. The first-order chi connectivity index (χ1) is 7.09. The molecule has 0 saturated heterocycles. The second-order valence-electron chi connectivity index (χ2n) is 5.74. The Morgan fingerprint density at radius 1 is 1.13 bits per heavy atom. The van der Waals surface area contributed by atoms with Crippen LogP contribution in [-0.4, -0.2) is 24.5 Å². The van der Waals surface area contributed by atoms with Gasteiger partial charge >= 0.3 is 0 Å². The van der Waals surface area contributed by atoms with E-state index in [1.807, 2.05) is 0 Å². The minimum absolute atomic E-state index is 0.696. The van der Waals surface area contributed by atoms with Crippen molar-refractivity contribution in [2.24, 2.45) is 5.41 Å². The van der Waals surface area contributed by atoms with Crippen molar-refractivity contribution in [3.63, 3.8) is 0 Å². The molecule has 0 radical (unpaired) electrons. The Kier molecular flexibility index (Phi) is 5.11. The Bertz CT molecular complexity index is 168. The lowest BCUT2D eigenvalue weighted by molar-refractivity contribution is 0.133. The summed E-state index contributed by atoms with van der Waals surface area (Å²) in [5, 5.41) is 0. The Morgan fingerprint density at radius 2 is 1.73 bits per heavy atom. The molecule has 1 saturated carbocycles. The molecule has 0 atom stereocenters. The highest BCUT2D eigenvalue weighted by atomic mass is 15.1. The summed E-state index contributed by atoms with van der Waals surface area (Å²) < 4.78 is 0. The predicted molar refractivity (Wildman–Crippen MR) is 68.2 cm³/mol. The van der Waals surface area contributed by atoms with E-state index in [4.69, 9.17) is 0 Å². The van der Waals surface area contributed by atoms with Gasteiger partial charge < -0.3 is 4.90 Å². The third-order valence-electron chi connectivity index (χ3n) is 4.54. The number of nitrogens with zero attached hydrogens (tertiary/aromatic N) is 1. The zero-order valence-electron chi connectivity index (χ0n) is 11.2. The Morgan fingerprint density at radius 3 is 2.20 bits per heavy atom. The molecule has 0 N–H and O–H groups in total. The second-order valence-corrected chi connectivity index (χ2v) is 5.74. The van der Waals surface area contributed by atoms with Crippen LogP contribution in [0.25, 0.3) is 0 Å². The minimum Gasteiger partial charge on any atom is -0.304 e. The summed E-state index contributed by atoms with van der Waals surface area (Å²) in [7, 11) is 2.26. The number of hydrogen-bond donors (Lipinski definition) is 0. The first-order valence-electron chi connectivity index (χ1n) is 6.80. The van der Waals surface area contributed by atoms with Gasteiger partial charge in [0, 0.05) is 6.04 Å². The molecule has 0 aromatic carbocycles. The molecule has 0 aromatic heterocycles. The molecule has 1 aliphatic carbocycles. The molecule has 1 rings (SSSR count). The van der Waals surface area contributed by atoms with E-state index in [-0.39, 0.29) is 0 Å². The van der Waals surface area contributed by atoms with Crippen LogP contribution in [-0.2, 0) is 0 Å². The molecular formula is C14H29N. The van der Waals surface area contributed by atoms with Gasteiger partial charge in [-0.3, -0.25) is 0 Å². The maximum absolute atomic E-state index is 2.49. The summed E-state index contributed by atoms with van der Waals surface area (Å²) >= 11 is 0. The largest absolute Gasteiger partial charge is 0.304 e. The van der Waals surface area contributed by atoms with Gasteiger partial charge in [0.2, 0.25) is 0 Å². The Labute approximate surface area is 96.2 Å². The van der Waals surface area contributed by atoms with E-state index in [1.165, 1.54) is 51.5 Å². The second kappa shape index (κ2) is 5.89. The molecule has 1 nitrogen and oxygen atoms in total. The molecule has 0 amide bonds. The van der Waals surface area contributed by atoms with Crippen LogP contribution in [0.4, 0.5) is 0 Å². The maximum atomic E-state index is 2.49. The smallest absolute Gasteiger partial charge is 0.00355 e. The fourth-order valence-corrected chi connectivity index (χ4v) is 2.75. The van der Waals surface area contributed by atoms with E-state index in [2.05, 4.69) is 32.7 Å². The lowest BCUT2D eigenvalue weighted by Gasteiger charge is -2.38. The molecule has 0 aliphatic heterocycles. The van der Waals surface area contributed by atoms with Crippen LogP contribution < -0.4 is 0 Å². The summed E-state index contributed by atoms with van der Waals surface area (Å²) in [4.78, 5) is 2.49. The van der Waals surface area contributed by atoms with Gasteiger partial charge in [-0.15, -0.1) is 0 Å². The fraction of sp³-hybridized carbons (Fsp3) is 1.00. The van der Waals surface area contributed by atoms with Crippen molar-refractivity contribution in [3.8, 4) is 0 Å². The molecule has 1 fully saturated rings. The molecule has 90 valence electrons. The van der Waals surface area contributed by atoms with Crippen molar-refractivity contribution in [2.75, 3.05) is 13.6 Å². The lowest BCUT2D eigenvalue weighted by atomic mass is 9.70. The van der Waals surface area contributed by atoms with Crippen molar-refractivity contribution in [1.82, 2.24) is 4.90 Å². The van der Waals surface area contributed by atoms with E-state index < -0.39 is 0 Å². The summed E-state index contributed by atoms with van der Waals surface area (Å²) in [6.45, 7) is 8.26. The zero-order chi connectivity index (χ0) is 11.3. The predicted octanol–water partition coefficient (Wildman–Crippen LogP) is 4.08. The topological polar surface area (TPSA) is 3.24 Å². The molecule has 15 heavy (non-hydrogen) atoms. The van der Waals surface area contributed by atoms with E-state index >= 15 is 0 Å². The van der Waals surface area contributed by atoms with Gasteiger partial charge in [-0.1, -0.05) is 32.6 Å². The van der Waals surface area contributed by atoms with Gasteiger partial charge in [0.15, 0.2) is 0 Å². The quantitative estimate of drug-likeness (QED) is 0.662. The monoisotopic (exact) mass is 211 g/mol. The highest BCUT2D eigenvalue weighted by molar-refractivity contribution is 4.82. The van der Waals surface area contributed by atoms with Crippen LogP contribution in [0, 0.1) is 5.41 Å². The standard InChI is InChI=1S/C14H29N/c1-5-14(9-7-6-8-10-14)11-12-15(4)13(2)3/h13H,5-12H2,1-4H3.